The number of nitrogens with one attached hydrogen (secondary N) is 1. The molecule has 10 nitrogen and oxygen atoms in total. The average Bonchev–Trinajstić information content (AvgIpc) is 3.54. The Kier molecular flexibility index (Phi) is 9.52. The fraction of sp³-hybridized carbons (Fsp3) is 0.600. The van der Waals surface area contributed by atoms with E-state index in [4.69, 9.17) is 9.47 Å². The molecule has 1 aromatic carbocycles. The molecule has 0 aliphatic carbocycles. The lowest BCUT2D eigenvalue weighted by molar-refractivity contribution is 0.0345. The van der Waals surface area contributed by atoms with E-state index in [1.54, 1.807) is 9.47 Å². The summed E-state index contributed by atoms with van der Waals surface area (Å²) >= 11 is 0. The number of amides is 2. The van der Waals surface area contributed by atoms with Gasteiger partial charge < -0.3 is 24.3 Å². The summed E-state index contributed by atoms with van der Waals surface area (Å²) in [4.78, 5) is 21.2. The number of imidazole rings is 1. The van der Waals surface area contributed by atoms with E-state index >= 15 is 0 Å². The molecule has 0 saturated carbocycles. The Labute approximate surface area is 217 Å². The van der Waals surface area contributed by atoms with Gasteiger partial charge in [-0.05, 0) is 37.5 Å². The van der Waals surface area contributed by atoms with Gasteiger partial charge in [0.25, 0.3) is 0 Å². The number of urea groups is 1. The number of hydrogen-bond donors (Lipinski definition) is 1. The first-order chi connectivity index (χ1) is 17.9. The number of carbonyl (C=O) groups excluding carboxylic acids is 1. The Bertz CT molecular complexity index is 1130. The molecule has 4 rings (SSSR count). The van der Waals surface area contributed by atoms with Gasteiger partial charge in [0.1, 0.15) is 5.82 Å². The highest BCUT2D eigenvalue weighted by Gasteiger charge is 2.28. The number of carbonyl (C=O) groups is 1. The standard InChI is InChI=1S/C25H36FN5O5S/c1-2-27-24(32)30(10-9-29-11-14-35-15-12-29)17-22-16-28-25(31(22)18-23-4-3-13-36-23)37(33,34)19-20-5-7-21(26)8-6-20/h5-8,16,23H,2-4,9-15,17-19H2,1H3,(H,27,32). The first-order valence-corrected chi connectivity index (χ1v) is 14.5. The molecule has 3 heterocycles. The predicted octanol–water partition coefficient (Wildman–Crippen LogP) is 2.04. The zero-order valence-electron chi connectivity index (χ0n) is 21.3. The zero-order valence-corrected chi connectivity index (χ0v) is 22.1. The van der Waals surface area contributed by atoms with Crippen LogP contribution in [0.4, 0.5) is 9.18 Å². The van der Waals surface area contributed by atoms with Crippen molar-refractivity contribution in [2.45, 2.75) is 49.9 Å². The number of aromatic nitrogens is 2. The third-order valence-corrected chi connectivity index (χ3v) is 8.21. The highest BCUT2D eigenvalue weighted by molar-refractivity contribution is 7.90. The van der Waals surface area contributed by atoms with Crippen molar-refractivity contribution in [3.8, 4) is 0 Å². The Morgan fingerprint density at radius 3 is 2.65 bits per heavy atom. The predicted molar refractivity (Wildman–Crippen MR) is 135 cm³/mol. The third-order valence-electron chi connectivity index (χ3n) is 6.62. The van der Waals surface area contributed by atoms with Crippen molar-refractivity contribution in [3.05, 3.63) is 47.5 Å². The molecule has 2 aliphatic heterocycles. The van der Waals surface area contributed by atoms with Gasteiger partial charge in [0.15, 0.2) is 0 Å². The topological polar surface area (TPSA) is 106 Å². The SMILES string of the molecule is CCNC(=O)N(CCN1CCOCC1)Cc1cnc(S(=O)(=O)Cc2ccc(F)cc2)n1CC1CCCO1. The highest BCUT2D eigenvalue weighted by Crippen LogP contribution is 2.23. The Hall–Kier alpha value is -2.54. The van der Waals surface area contributed by atoms with Crippen molar-refractivity contribution in [3.63, 3.8) is 0 Å². The lowest BCUT2D eigenvalue weighted by Gasteiger charge is -2.30. The Morgan fingerprint density at radius 1 is 1.22 bits per heavy atom. The van der Waals surface area contributed by atoms with Gasteiger partial charge in [-0.15, -0.1) is 0 Å². The summed E-state index contributed by atoms with van der Waals surface area (Å²) in [5.74, 6) is -0.724. The van der Waals surface area contributed by atoms with Crippen molar-refractivity contribution >= 4 is 15.9 Å². The number of benzene rings is 1. The lowest BCUT2D eigenvalue weighted by Crippen LogP contribution is -2.46. The molecule has 12 heteroatoms. The van der Waals surface area contributed by atoms with Crippen LogP contribution < -0.4 is 5.32 Å². The summed E-state index contributed by atoms with van der Waals surface area (Å²) in [6.07, 6.45) is 3.15. The van der Waals surface area contributed by atoms with Crippen LogP contribution in [0.5, 0.6) is 0 Å². The summed E-state index contributed by atoms with van der Waals surface area (Å²) in [5, 5.41) is 2.80. The van der Waals surface area contributed by atoms with Crippen molar-refractivity contribution in [1.29, 1.82) is 0 Å². The smallest absolute Gasteiger partial charge is 0.317 e. The monoisotopic (exact) mass is 537 g/mol. The molecule has 1 aromatic heterocycles. The Morgan fingerprint density at radius 2 is 1.97 bits per heavy atom. The number of nitrogens with zero attached hydrogens (tertiary/aromatic N) is 4. The second-order valence-corrected chi connectivity index (χ2v) is 11.3. The summed E-state index contributed by atoms with van der Waals surface area (Å²) in [5.41, 5.74) is 1.10. The van der Waals surface area contributed by atoms with Crippen molar-refractivity contribution < 1.29 is 27.1 Å². The quantitative estimate of drug-likeness (QED) is 0.468. The van der Waals surface area contributed by atoms with Crippen LogP contribution in [0.1, 0.15) is 31.0 Å². The molecule has 2 aromatic rings. The molecule has 1 atom stereocenters. The van der Waals surface area contributed by atoms with Crippen LogP contribution in [0.25, 0.3) is 0 Å². The van der Waals surface area contributed by atoms with Crippen molar-refractivity contribution in [1.82, 2.24) is 24.7 Å². The van der Waals surface area contributed by atoms with Crippen LogP contribution in [-0.2, 0) is 38.2 Å². The molecular formula is C25H36FN5O5S. The van der Waals surface area contributed by atoms with Crippen LogP contribution >= 0.6 is 0 Å². The van der Waals surface area contributed by atoms with Gasteiger partial charge in [0.05, 0.1) is 50.1 Å². The molecule has 2 amide bonds. The third kappa shape index (κ3) is 7.50. The van der Waals surface area contributed by atoms with Crippen molar-refractivity contribution in [2.24, 2.45) is 0 Å². The largest absolute Gasteiger partial charge is 0.379 e. The minimum atomic E-state index is -3.84. The maximum Gasteiger partial charge on any atom is 0.317 e. The number of halogens is 1. The van der Waals surface area contributed by atoms with Gasteiger partial charge in [-0.3, -0.25) is 4.90 Å². The van der Waals surface area contributed by atoms with E-state index in [1.807, 2.05) is 6.92 Å². The van der Waals surface area contributed by atoms with Gasteiger partial charge in [0.2, 0.25) is 15.0 Å². The second-order valence-electron chi connectivity index (χ2n) is 9.37. The van der Waals surface area contributed by atoms with Gasteiger partial charge in [0, 0.05) is 39.3 Å². The fourth-order valence-electron chi connectivity index (χ4n) is 4.62. The summed E-state index contributed by atoms with van der Waals surface area (Å²) in [6.45, 7) is 7.66. The first-order valence-electron chi connectivity index (χ1n) is 12.8. The van der Waals surface area contributed by atoms with Gasteiger partial charge >= 0.3 is 6.03 Å². The van der Waals surface area contributed by atoms with E-state index in [-0.39, 0.29) is 29.6 Å². The lowest BCUT2D eigenvalue weighted by atomic mass is 10.2. The highest BCUT2D eigenvalue weighted by atomic mass is 32.2. The normalized spacial score (nSPS) is 18.7. The molecule has 204 valence electrons. The molecule has 2 fully saturated rings. The van der Waals surface area contributed by atoms with Gasteiger partial charge in [-0.1, -0.05) is 12.1 Å². The second kappa shape index (κ2) is 12.8. The molecule has 0 bridgehead atoms. The zero-order chi connectivity index (χ0) is 26.3. The van der Waals surface area contributed by atoms with E-state index in [0.29, 0.717) is 57.3 Å². The molecule has 0 radical (unpaired) electrons. The molecule has 37 heavy (non-hydrogen) atoms. The minimum Gasteiger partial charge on any atom is -0.379 e. The number of sulfone groups is 1. The van der Waals surface area contributed by atoms with Crippen LogP contribution in [0.2, 0.25) is 0 Å². The molecular weight excluding hydrogens is 501 g/mol. The number of ether oxygens (including phenoxy) is 2. The van der Waals surface area contributed by atoms with E-state index in [1.165, 1.54) is 30.5 Å². The maximum atomic E-state index is 13.4. The summed E-state index contributed by atoms with van der Waals surface area (Å²) in [7, 11) is -3.84. The van der Waals surface area contributed by atoms with Gasteiger partial charge in [-0.25, -0.2) is 22.6 Å². The molecule has 1 unspecified atom stereocenters. The maximum absolute atomic E-state index is 13.4. The fourth-order valence-corrected chi connectivity index (χ4v) is 6.12. The molecule has 1 N–H and O–H groups in total. The average molecular weight is 538 g/mol. The molecule has 2 saturated heterocycles. The van der Waals surface area contributed by atoms with Gasteiger partial charge in [-0.2, -0.15) is 0 Å². The molecule has 0 spiro atoms. The number of hydrogen-bond acceptors (Lipinski definition) is 7. The number of rotatable bonds is 11. The van der Waals surface area contributed by atoms with Crippen LogP contribution in [0.15, 0.2) is 35.6 Å². The summed E-state index contributed by atoms with van der Waals surface area (Å²) < 4.78 is 53.1. The summed E-state index contributed by atoms with van der Waals surface area (Å²) in [6, 6.07) is 5.20. The van der Waals surface area contributed by atoms with Crippen LogP contribution in [0, 0.1) is 5.82 Å². The van der Waals surface area contributed by atoms with Crippen molar-refractivity contribution in [2.75, 3.05) is 52.5 Å². The van der Waals surface area contributed by atoms with Crippen LogP contribution in [0.3, 0.4) is 0 Å². The van der Waals surface area contributed by atoms with E-state index in [2.05, 4.69) is 15.2 Å². The number of morpholine rings is 1. The first kappa shape index (κ1) is 27.5. The van der Waals surface area contributed by atoms with Crippen LogP contribution in [-0.4, -0.2) is 92.4 Å². The Balaban J connectivity index is 1.58. The van der Waals surface area contributed by atoms with E-state index in [0.717, 1.165) is 25.9 Å². The van der Waals surface area contributed by atoms with E-state index < -0.39 is 15.7 Å². The van der Waals surface area contributed by atoms with E-state index in [9.17, 15) is 17.6 Å². The minimum absolute atomic E-state index is 0.0636. The molecule has 2 aliphatic rings.